The van der Waals surface area contributed by atoms with E-state index in [9.17, 15) is 0 Å². The first-order valence-electron chi connectivity index (χ1n) is 6.24. The summed E-state index contributed by atoms with van der Waals surface area (Å²) in [6.07, 6.45) is 6.87. The van der Waals surface area contributed by atoms with Gasteiger partial charge in [-0.05, 0) is 43.4 Å². The smallest absolute Gasteiger partial charge is 0.126 e. The van der Waals surface area contributed by atoms with E-state index in [-0.39, 0.29) is 0 Å². The van der Waals surface area contributed by atoms with Crippen LogP contribution in [0.5, 0.6) is 0 Å². The predicted octanol–water partition coefficient (Wildman–Crippen LogP) is 1.98. The van der Waals surface area contributed by atoms with Crippen LogP contribution in [0.4, 0.5) is 5.82 Å². The highest BCUT2D eigenvalue weighted by Crippen LogP contribution is 2.31. The lowest BCUT2D eigenvalue weighted by molar-refractivity contribution is 0.229. The Hall–Kier alpha value is -1.09. The molecule has 1 aromatic heterocycles. The average Bonchev–Trinajstić information content (AvgIpc) is 2.19. The second-order valence-electron chi connectivity index (χ2n) is 4.61. The van der Waals surface area contributed by atoms with Crippen molar-refractivity contribution in [1.29, 1.82) is 0 Å². The molecule has 1 heterocycles. The summed E-state index contributed by atoms with van der Waals surface area (Å²) in [5.41, 5.74) is 7.07. The van der Waals surface area contributed by atoms with Crippen molar-refractivity contribution in [2.45, 2.75) is 38.6 Å². The molecule has 3 heteroatoms. The maximum absolute atomic E-state index is 5.89. The number of hydrogen-bond donors (Lipinski definition) is 2. The van der Waals surface area contributed by atoms with Gasteiger partial charge in [-0.2, -0.15) is 0 Å². The molecule has 1 fully saturated rings. The van der Waals surface area contributed by atoms with Crippen LogP contribution in [0.1, 0.15) is 31.7 Å². The molecule has 0 saturated heterocycles. The zero-order chi connectivity index (χ0) is 11.4. The van der Waals surface area contributed by atoms with Gasteiger partial charge in [-0.3, -0.25) is 0 Å². The molecule has 16 heavy (non-hydrogen) atoms. The minimum absolute atomic E-state index is 0.574. The second-order valence-corrected chi connectivity index (χ2v) is 4.61. The van der Waals surface area contributed by atoms with E-state index in [1.165, 1.54) is 24.8 Å². The number of likely N-dealkylation sites (N-methyl/N-ethyl adjacent to an activating group) is 1. The molecule has 2 rings (SSSR count). The van der Waals surface area contributed by atoms with Crippen LogP contribution in [-0.2, 0) is 6.42 Å². The molecule has 88 valence electrons. The number of aromatic nitrogens is 1. The van der Waals surface area contributed by atoms with Crippen LogP contribution in [0, 0.1) is 5.92 Å². The lowest BCUT2D eigenvalue weighted by Crippen LogP contribution is -2.41. The molecule has 0 radical (unpaired) electrons. The first kappa shape index (κ1) is 11.4. The van der Waals surface area contributed by atoms with E-state index in [1.807, 2.05) is 6.07 Å². The van der Waals surface area contributed by atoms with Gasteiger partial charge in [0.25, 0.3) is 0 Å². The molecule has 0 aliphatic heterocycles. The van der Waals surface area contributed by atoms with E-state index in [1.54, 1.807) is 6.20 Å². The van der Waals surface area contributed by atoms with Crippen molar-refractivity contribution in [3.8, 4) is 0 Å². The van der Waals surface area contributed by atoms with E-state index in [0.717, 1.165) is 18.9 Å². The third kappa shape index (κ3) is 2.53. The third-order valence-corrected chi connectivity index (χ3v) is 3.55. The number of nitrogens with one attached hydrogen (secondary N) is 1. The van der Waals surface area contributed by atoms with E-state index < -0.39 is 0 Å². The second kappa shape index (κ2) is 5.30. The fourth-order valence-electron chi connectivity index (χ4n) is 2.37. The molecule has 3 N–H and O–H groups in total. The molecule has 0 bridgehead atoms. The summed E-state index contributed by atoms with van der Waals surface area (Å²) >= 11 is 0. The highest BCUT2D eigenvalue weighted by Gasteiger charge is 2.27. The summed E-state index contributed by atoms with van der Waals surface area (Å²) in [4.78, 5) is 4.15. The van der Waals surface area contributed by atoms with Gasteiger partial charge in [-0.15, -0.1) is 0 Å². The molecule has 1 aromatic rings. The normalized spacial score (nSPS) is 18.1. The van der Waals surface area contributed by atoms with Crippen molar-refractivity contribution in [2.24, 2.45) is 5.92 Å². The van der Waals surface area contributed by atoms with Crippen LogP contribution in [0.25, 0.3) is 0 Å². The summed E-state index contributed by atoms with van der Waals surface area (Å²) in [5.74, 6) is 1.52. The first-order valence-corrected chi connectivity index (χ1v) is 6.24. The third-order valence-electron chi connectivity index (χ3n) is 3.55. The van der Waals surface area contributed by atoms with Gasteiger partial charge in [0.2, 0.25) is 0 Å². The van der Waals surface area contributed by atoms with Crippen LogP contribution in [0.3, 0.4) is 0 Å². The van der Waals surface area contributed by atoms with Crippen molar-refractivity contribution in [1.82, 2.24) is 10.3 Å². The highest BCUT2D eigenvalue weighted by molar-refractivity contribution is 5.39. The summed E-state index contributed by atoms with van der Waals surface area (Å²) in [6.45, 7) is 3.19. The van der Waals surface area contributed by atoms with Crippen molar-refractivity contribution >= 4 is 5.82 Å². The molecule has 0 amide bonds. The number of nitrogens with two attached hydrogens (primary N) is 1. The van der Waals surface area contributed by atoms with E-state index >= 15 is 0 Å². The minimum atomic E-state index is 0.574. The molecule has 1 saturated carbocycles. The Labute approximate surface area is 97.5 Å². The Morgan fingerprint density at radius 3 is 2.94 bits per heavy atom. The van der Waals surface area contributed by atoms with Crippen LogP contribution in [0.15, 0.2) is 18.3 Å². The Morgan fingerprint density at radius 2 is 2.38 bits per heavy atom. The molecule has 1 aliphatic rings. The van der Waals surface area contributed by atoms with Gasteiger partial charge in [0.1, 0.15) is 5.82 Å². The van der Waals surface area contributed by atoms with E-state index in [2.05, 4.69) is 23.3 Å². The van der Waals surface area contributed by atoms with Gasteiger partial charge in [0, 0.05) is 12.2 Å². The number of nitrogens with zero attached hydrogens (tertiary/aromatic N) is 1. The summed E-state index contributed by atoms with van der Waals surface area (Å²) in [7, 11) is 0. The molecular weight excluding hydrogens is 198 g/mol. The molecular formula is C13H21N3. The average molecular weight is 219 g/mol. The number of pyridine rings is 1. The van der Waals surface area contributed by atoms with Gasteiger partial charge in [0.15, 0.2) is 0 Å². The largest absolute Gasteiger partial charge is 0.383 e. The Balaban J connectivity index is 2.01. The van der Waals surface area contributed by atoms with Crippen LogP contribution in [-0.4, -0.2) is 17.6 Å². The maximum atomic E-state index is 5.89. The van der Waals surface area contributed by atoms with Gasteiger partial charge in [0.05, 0.1) is 0 Å². The zero-order valence-corrected chi connectivity index (χ0v) is 9.95. The first-order chi connectivity index (χ1) is 7.81. The number of nitrogen functional groups attached to an aromatic ring is 1. The minimum Gasteiger partial charge on any atom is -0.383 e. The number of rotatable bonds is 5. The molecule has 0 spiro atoms. The van der Waals surface area contributed by atoms with Gasteiger partial charge in [-0.25, -0.2) is 4.98 Å². The Morgan fingerprint density at radius 1 is 1.56 bits per heavy atom. The van der Waals surface area contributed by atoms with Gasteiger partial charge in [-0.1, -0.05) is 19.4 Å². The van der Waals surface area contributed by atoms with Crippen molar-refractivity contribution in [3.05, 3.63) is 23.9 Å². The van der Waals surface area contributed by atoms with Crippen molar-refractivity contribution in [2.75, 3.05) is 12.3 Å². The fraction of sp³-hybridized carbons (Fsp3) is 0.615. The van der Waals surface area contributed by atoms with Crippen LogP contribution in [0.2, 0.25) is 0 Å². The van der Waals surface area contributed by atoms with Crippen molar-refractivity contribution in [3.63, 3.8) is 0 Å². The quantitative estimate of drug-likeness (QED) is 0.796. The zero-order valence-electron chi connectivity index (χ0n) is 9.95. The molecule has 1 unspecified atom stereocenters. The predicted molar refractivity (Wildman–Crippen MR) is 67.2 cm³/mol. The summed E-state index contributed by atoms with van der Waals surface area (Å²) in [5, 5.41) is 3.58. The topological polar surface area (TPSA) is 50.9 Å². The molecule has 3 nitrogen and oxygen atoms in total. The van der Waals surface area contributed by atoms with Gasteiger partial charge >= 0.3 is 0 Å². The lowest BCUT2D eigenvalue weighted by atomic mass is 9.77. The Kier molecular flexibility index (Phi) is 3.78. The number of anilines is 1. The SMILES string of the molecule is CCNC(Cc1cccnc1N)C1CCC1. The highest BCUT2D eigenvalue weighted by atomic mass is 14.9. The van der Waals surface area contributed by atoms with Crippen LogP contribution < -0.4 is 11.1 Å². The summed E-state index contributed by atoms with van der Waals surface area (Å²) < 4.78 is 0. The van der Waals surface area contributed by atoms with Crippen LogP contribution >= 0.6 is 0 Å². The lowest BCUT2D eigenvalue weighted by Gasteiger charge is -2.34. The summed E-state index contributed by atoms with van der Waals surface area (Å²) in [6, 6.07) is 4.63. The molecule has 1 atom stereocenters. The molecule has 1 aliphatic carbocycles. The van der Waals surface area contributed by atoms with E-state index in [0.29, 0.717) is 11.9 Å². The monoisotopic (exact) mass is 219 g/mol. The fourth-order valence-corrected chi connectivity index (χ4v) is 2.37. The standard InChI is InChI=1S/C13H21N3/c1-2-15-12(10-5-3-6-10)9-11-7-4-8-16-13(11)14/h4,7-8,10,12,15H,2-3,5-6,9H2,1H3,(H2,14,16). The Bertz CT molecular complexity index is 334. The number of hydrogen-bond acceptors (Lipinski definition) is 3. The molecule has 0 aromatic carbocycles. The van der Waals surface area contributed by atoms with Crippen molar-refractivity contribution < 1.29 is 0 Å². The van der Waals surface area contributed by atoms with E-state index in [4.69, 9.17) is 5.73 Å². The maximum Gasteiger partial charge on any atom is 0.126 e. The van der Waals surface area contributed by atoms with Gasteiger partial charge < -0.3 is 11.1 Å².